The number of nitrogens with one attached hydrogen (secondary N) is 1. The number of imidazole rings is 1. The van der Waals surface area contributed by atoms with Crippen LogP contribution in [-0.2, 0) is 7.05 Å². The average Bonchev–Trinajstić information content (AvgIpc) is 2.79. The van der Waals surface area contributed by atoms with Gasteiger partial charge in [-0.15, -0.1) is 0 Å². The molecule has 1 N–H and O–H groups in total. The summed E-state index contributed by atoms with van der Waals surface area (Å²) in [5.41, 5.74) is 0.948. The van der Waals surface area contributed by atoms with Gasteiger partial charge in [0.15, 0.2) is 0 Å². The zero-order valence-electron chi connectivity index (χ0n) is 11.4. The first-order valence-corrected chi connectivity index (χ1v) is 6.65. The smallest absolute Gasteiger partial charge is 0.138 e. The first-order chi connectivity index (χ1) is 9.11. The van der Waals surface area contributed by atoms with Crippen LogP contribution in [0.15, 0.2) is 30.6 Å². The number of ether oxygens (including phenoxy) is 1. The zero-order valence-corrected chi connectivity index (χ0v) is 12.1. The number of aryl methyl sites for hydroxylation is 1. The van der Waals surface area contributed by atoms with Crippen molar-refractivity contribution < 1.29 is 4.74 Å². The van der Waals surface area contributed by atoms with Gasteiger partial charge in [-0.1, -0.05) is 11.6 Å². The van der Waals surface area contributed by atoms with Crippen LogP contribution < -0.4 is 10.1 Å². The molecule has 0 spiro atoms. The number of hydrogen-bond donors (Lipinski definition) is 1. The van der Waals surface area contributed by atoms with Gasteiger partial charge in [-0.3, -0.25) is 0 Å². The Kier molecular flexibility index (Phi) is 4.32. The lowest BCUT2D eigenvalue weighted by atomic mass is 10.2. The minimum absolute atomic E-state index is 0.106. The third-order valence-electron chi connectivity index (χ3n) is 2.86. The highest BCUT2D eigenvalue weighted by Crippen LogP contribution is 2.29. The molecular formula is C14H18ClN3O. The second-order valence-electron chi connectivity index (χ2n) is 4.34. The van der Waals surface area contributed by atoms with Crippen molar-refractivity contribution in [2.24, 2.45) is 7.05 Å². The number of halogens is 1. The van der Waals surface area contributed by atoms with Crippen molar-refractivity contribution >= 4 is 17.3 Å². The summed E-state index contributed by atoms with van der Waals surface area (Å²) in [6, 6.07) is 5.80. The van der Waals surface area contributed by atoms with Gasteiger partial charge in [0.05, 0.1) is 17.7 Å². The Bertz CT molecular complexity index is 553. The average molecular weight is 280 g/mol. The zero-order chi connectivity index (χ0) is 13.8. The van der Waals surface area contributed by atoms with Crippen molar-refractivity contribution in [2.45, 2.75) is 19.9 Å². The van der Waals surface area contributed by atoms with E-state index in [-0.39, 0.29) is 6.04 Å². The Morgan fingerprint density at radius 2 is 2.26 bits per heavy atom. The fourth-order valence-electron chi connectivity index (χ4n) is 1.97. The van der Waals surface area contributed by atoms with Gasteiger partial charge in [0.2, 0.25) is 0 Å². The summed E-state index contributed by atoms with van der Waals surface area (Å²) >= 11 is 6.16. The predicted octanol–water partition coefficient (Wildman–Crippen LogP) is 3.65. The summed E-state index contributed by atoms with van der Waals surface area (Å²) in [5.74, 6) is 1.68. The summed E-state index contributed by atoms with van der Waals surface area (Å²) < 4.78 is 7.41. The fourth-order valence-corrected chi connectivity index (χ4v) is 2.21. The van der Waals surface area contributed by atoms with E-state index in [1.54, 1.807) is 6.20 Å². The molecule has 0 saturated carbocycles. The molecule has 4 nitrogen and oxygen atoms in total. The van der Waals surface area contributed by atoms with E-state index in [1.807, 2.05) is 42.9 Å². The molecule has 1 unspecified atom stereocenters. The molecule has 1 aromatic carbocycles. The molecule has 102 valence electrons. The highest BCUT2D eigenvalue weighted by Gasteiger charge is 2.11. The van der Waals surface area contributed by atoms with Gasteiger partial charge < -0.3 is 14.6 Å². The summed E-state index contributed by atoms with van der Waals surface area (Å²) in [4.78, 5) is 4.32. The monoisotopic (exact) mass is 279 g/mol. The number of benzene rings is 1. The quantitative estimate of drug-likeness (QED) is 0.908. The molecule has 1 aromatic heterocycles. The van der Waals surface area contributed by atoms with Crippen LogP contribution >= 0.6 is 11.6 Å². The van der Waals surface area contributed by atoms with E-state index in [9.17, 15) is 0 Å². The van der Waals surface area contributed by atoms with Gasteiger partial charge in [0.1, 0.15) is 11.6 Å². The molecule has 2 aromatic rings. The Morgan fingerprint density at radius 1 is 1.47 bits per heavy atom. The molecule has 1 heterocycles. The van der Waals surface area contributed by atoms with Crippen LogP contribution in [0.1, 0.15) is 25.7 Å². The summed E-state index contributed by atoms with van der Waals surface area (Å²) in [7, 11) is 1.98. The van der Waals surface area contributed by atoms with Crippen LogP contribution in [0.4, 0.5) is 5.69 Å². The number of aromatic nitrogens is 2. The van der Waals surface area contributed by atoms with Gasteiger partial charge >= 0.3 is 0 Å². The lowest BCUT2D eigenvalue weighted by molar-refractivity contribution is 0.340. The normalized spacial score (nSPS) is 12.2. The standard InChI is InChI=1S/C14H18ClN3O/c1-4-19-13-6-5-11(9-12(13)15)17-10(2)14-16-7-8-18(14)3/h5-10,17H,4H2,1-3H3. The number of nitrogens with zero attached hydrogens (tertiary/aromatic N) is 2. The van der Waals surface area contributed by atoms with E-state index in [2.05, 4.69) is 17.2 Å². The van der Waals surface area contributed by atoms with E-state index in [0.717, 1.165) is 11.5 Å². The van der Waals surface area contributed by atoms with Crippen LogP contribution in [0.25, 0.3) is 0 Å². The highest BCUT2D eigenvalue weighted by molar-refractivity contribution is 6.32. The maximum absolute atomic E-state index is 6.16. The van der Waals surface area contributed by atoms with E-state index in [4.69, 9.17) is 16.3 Å². The number of rotatable bonds is 5. The van der Waals surface area contributed by atoms with Crippen LogP contribution in [0.3, 0.4) is 0 Å². The molecule has 1 atom stereocenters. The van der Waals surface area contributed by atoms with Gasteiger partial charge in [-0.25, -0.2) is 4.98 Å². The molecule has 5 heteroatoms. The van der Waals surface area contributed by atoms with Crippen LogP contribution in [0, 0.1) is 0 Å². The molecule has 0 aliphatic carbocycles. The molecule has 0 amide bonds. The van der Waals surface area contributed by atoms with Crippen molar-refractivity contribution in [3.63, 3.8) is 0 Å². The molecular weight excluding hydrogens is 262 g/mol. The first-order valence-electron chi connectivity index (χ1n) is 6.28. The molecule has 0 fully saturated rings. The third-order valence-corrected chi connectivity index (χ3v) is 3.16. The lowest BCUT2D eigenvalue weighted by Gasteiger charge is -2.16. The van der Waals surface area contributed by atoms with Crippen LogP contribution in [0.2, 0.25) is 5.02 Å². The molecule has 0 radical (unpaired) electrons. The second-order valence-corrected chi connectivity index (χ2v) is 4.75. The predicted molar refractivity (Wildman–Crippen MR) is 77.9 cm³/mol. The molecule has 2 rings (SSSR count). The van der Waals surface area contributed by atoms with E-state index >= 15 is 0 Å². The Balaban J connectivity index is 2.11. The van der Waals surface area contributed by atoms with Crippen molar-refractivity contribution in [3.05, 3.63) is 41.4 Å². The van der Waals surface area contributed by atoms with E-state index < -0.39 is 0 Å². The molecule has 19 heavy (non-hydrogen) atoms. The van der Waals surface area contributed by atoms with Gasteiger partial charge in [0.25, 0.3) is 0 Å². The highest BCUT2D eigenvalue weighted by atomic mass is 35.5. The number of hydrogen-bond acceptors (Lipinski definition) is 3. The van der Waals surface area contributed by atoms with Gasteiger partial charge in [-0.2, -0.15) is 0 Å². The minimum Gasteiger partial charge on any atom is -0.492 e. The fraction of sp³-hybridized carbons (Fsp3) is 0.357. The Labute approximate surface area is 118 Å². The molecule has 0 bridgehead atoms. The third kappa shape index (κ3) is 3.20. The summed E-state index contributed by atoms with van der Waals surface area (Å²) in [5, 5.41) is 3.98. The van der Waals surface area contributed by atoms with E-state index in [1.165, 1.54) is 0 Å². The minimum atomic E-state index is 0.106. The van der Waals surface area contributed by atoms with Crippen molar-refractivity contribution in [1.29, 1.82) is 0 Å². The topological polar surface area (TPSA) is 39.1 Å². The van der Waals surface area contributed by atoms with Crippen molar-refractivity contribution in [2.75, 3.05) is 11.9 Å². The summed E-state index contributed by atoms with van der Waals surface area (Å²) in [6.45, 7) is 4.61. The Morgan fingerprint density at radius 3 is 2.84 bits per heavy atom. The number of anilines is 1. The summed E-state index contributed by atoms with van der Waals surface area (Å²) in [6.07, 6.45) is 3.72. The van der Waals surface area contributed by atoms with Crippen molar-refractivity contribution in [3.8, 4) is 5.75 Å². The maximum atomic E-state index is 6.16. The second kappa shape index (κ2) is 5.97. The maximum Gasteiger partial charge on any atom is 0.138 e. The molecule has 0 aliphatic rings. The first kappa shape index (κ1) is 13.7. The van der Waals surface area contributed by atoms with Crippen LogP contribution in [0.5, 0.6) is 5.75 Å². The SMILES string of the molecule is CCOc1ccc(NC(C)c2nccn2C)cc1Cl. The van der Waals surface area contributed by atoms with Gasteiger partial charge in [0, 0.05) is 25.1 Å². The van der Waals surface area contributed by atoms with E-state index in [0.29, 0.717) is 17.4 Å². The Hall–Kier alpha value is -1.68. The lowest BCUT2D eigenvalue weighted by Crippen LogP contribution is -2.11. The van der Waals surface area contributed by atoms with Crippen molar-refractivity contribution in [1.82, 2.24) is 9.55 Å². The van der Waals surface area contributed by atoms with Gasteiger partial charge in [-0.05, 0) is 32.0 Å². The largest absolute Gasteiger partial charge is 0.492 e. The molecule has 0 saturated heterocycles. The van der Waals surface area contributed by atoms with Crippen LogP contribution in [-0.4, -0.2) is 16.2 Å². The molecule has 0 aliphatic heterocycles.